The van der Waals surface area contributed by atoms with E-state index in [2.05, 4.69) is 20.6 Å². The number of hydrogen-bond acceptors (Lipinski definition) is 8. The van der Waals surface area contributed by atoms with E-state index in [1.807, 2.05) is 23.1 Å². The third-order valence-electron chi connectivity index (χ3n) is 6.94. The first-order valence-corrected chi connectivity index (χ1v) is 12.6. The molecule has 1 aliphatic heterocycles. The van der Waals surface area contributed by atoms with Gasteiger partial charge in [-0.2, -0.15) is 0 Å². The number of carbonyl (C=O) groups is 3. The number of benzene rings is 2. The number of carboxylic acids is 1. The van der Waals surface area contributed by atoms with Gasteiger partial charge in [-0.15, -0.1) is 0 Å². The van der Waals surface area contributed by atoms with Gasteiger partial charge in [0.05, 0.1) is 17.3 Å². The van der Waals surface area contributed by atoms with Crippen LogP contribution in [0.25, 0.3) is 0 Å². The van der Waals surface area contributed by atoms with Crippen LogP contribution in [0.1, 0.15) is 66.6 Å². The van der Waals surface area contributed by atoms with Crippen molar-refractivity contribution in [3.63, 3.8) is 0 Å². The Morgan fingerprint density at radius 2 is 1.68 bits per heavy atom. The average Bonchev–Trinajstić information content (AvgIpc) is 2.98. The normalized spacial score (nSPS) is 13.4. The van der Waals surface area contributed by atoms with Crippen LogP contribution in [-0.2, 0) is 19.5 Å². The predicted octanol–water partition coefficient (Wildman–Crippen LogP) is 1.75. The highest BCUT2D eigenvalue weighted by atomic mass is 16.4. The maximum absolute atomic E-state index is 12.8. The third-order valence-corrected chi connectivity index (χ3v) is 6.94. The molecule has 5 rings (SSSR count). The molecule has 0 fully saturated rings. The molecule has 11 nitrogen and oxygen atoms in total. The molecule has 0 saturated carbocycles. The smallest absolute Gasteiger partial charge is 0.335 e. The zero-order chi connectivity index (χ0) is 28.4. The fourth-order valence-corrected chi connectivity index (χ4v) is 4.61. The molecule has 0 radical (unpaired) electrons. The molecule has 0 aliphatic carbocycles. The van der Waals surface area contributed by atoms with E-state index < -0.39 is 34.7 Å². The van der Waals surface area contributed by atoms with Gasteiger partial charge < -0.3 is 20.6 Å². The van der Waals surface area contributed by atoms with Gasteiger partial charge >= 0.3 is 5.97 Å². The predicted molar refractivity (Wildman–Crippen MR) is 145 cm³/mol. The SMILES string of the molecule is CC(NC(=O)c1cc(C(=O)NCc2ccc3c(c2)CN(c2cc(=O)c2=O)CC3)ncn1)c1ccc(C(=O)O)cc1. The summed E-state index contributed by atoms with van der Waals surface area (Å²) >= 11 is 0. The molecular weight excluding hydrogens is 514 g/mol. The zero-order valence-electron chi connectivity index (χ0n) is 21.5. The van der Waals surface area contributed by atoms with Gasteiger partial charge in [0.25, 0.3) is 11.8 Å². The second-order valence-corrected chi connectivity index (χ2v) is 9.59. The summed E-state index contributed by atoms with van der Waals surface area (Å²) in [6, 6.07) is 14.3. The average molecular weight is 540 g/mol. The molecular formula is C29H25N5O6. The largest absolute Gasteiger partial charge is 0.478 e. The molecule has 0 bridgehead atoms. The summed E-state index contributed by atoms with van der Waals surface area (Å²) < 4.78 is 0. The summed E-state index contributed by atoms with van der Waals surface area (Å²) in [7, 11) is 0. The maximum Gasteiger partial charge on any atom is 0.335 e. The van der Waals surface area contributed by atoms with Crippen molar-refractivity contribution >= 4 is 23.5 Å². The molecule has 202 valence electrons. The number of anilines is 1. The first-order valence-electron chi connectivity index (χ1n) is 12.6. The van der Waals surface area contributed by atoms with Crippen LogP contribution in [0.15, 0.2) is 70.5 Å². The summed E-state index contributed by atoms with van der Waals surface area (Å²) in [4.78, 5) is 69.6. The molecule has 1 aliphatic rings. The minimum atomic E-state index is -1.04. The van der Waals surface area contributed by atoms with Gasteiger partial charge in [0, 0.05) is 31.8 Å². The highest BCUT2D eigenvalue weighted by molar-refractivity contribution is 5.97. The van der Waals surface area contributed by atoms with Gasteiger partial charge in [-0.25, -0.2) is 14.8 Å². The van der Waals surface area contributed by atoms with Crippen LogP contribution in [0.3, 0.4) is 0 Å². The van der Waals surface area contributed by atoms with Gasteiger partial charge in [0.15, 0.2) is 0 Å². The minimum absolute atomic E-state index is 0.0151. The van der Waals surface area contributed by atoms with Gasteiger partial charge in [0.1, 0.15) is 17.7 Å². The number of rotatable bonds is 8. The van der Waals surface area contributed by atoms with Crippen molar-refractivity contribution in [2.45, 2.75) is 32.5 Å². The Hall–Kier alpha value is -5.19. The number of carboxylic acid groups (broad SMARTS) is 1. The number of fused-ring (bicyclic) bond motifs is 1. The van der Waals surface area contributed by atoms with Crippen molar-refractivity contribution in [1.29, 1.82) is 0 Å². The van der Waals surface area contributed by atoms with Crippen LogP contribution >= 0.6 is 0 Å². The second-order valence-electron chi connectivity index (χ2n) is 9.59. The lowest BCUT2D eigenvalue weighted by molar-refractivity contribution is 0.0696. The molecule has 0 spiro atoms. The first kappa shape index (κ1) is 26.4. The Balaban J connectivity index is 1.20. The minimum Gasteiger partial charge on any atom is -0.478 e. The van der Waals surface area contributed by atoms with Gasteiger partial charge in [0.2, 0.25) is 10.9 Å². The molecule has 1 atom stereocenters. The van der Waals surface area contributed by atoms with E-state index in [0.717, 1.165) is 29.4 Å². The van der Waals surface area contributed by atoms with Crippen molar-refractivity contribution in [3.05, 3.63) is 121 Å². The highest BCUT2D eigenvalue weighted by Gasteiger charge is 2.22. The second kappa shape index (κ2) is 10.9. The number of nitrogens with one attached hydrogen (secondary N) is 2. The molecule has 3 N–H and O–H groups in total. The number of aromatic carboxylic acids is 1. The molecule has 3 aromatic carbocycles. The standard InChI is InChI=1S/C29H25N5O6/c1-16(18-4-6-20(7-5-18)29(39)40)33-28(38)23-11-22(31-15-32-23)27(37)30-13-17-2-3-19-8-9-34(14-21(19)10-17)24-12-25(35)26(24)36/h2-7,10-12,15-16H,8-9,13-14H2,1H3,(H,30,37)(H,33,38)(H,39,40). The summed E-state index contributed by atoms with van der Waals surface area (Å²) in [6.07, 6.45) is 1.89. The van der Waals surface area contributed by atoms with Crippen molar-refractivity contribution in [1.82, 2.24) is 20.6 Å². The van der Waals surface area contributed by atoms with Crippen LogP contribution in [-0.4, -0.2) is 39.4 Å². The fraction of sp³-hybridized carbons (Fsp3) is 0.207. The maximum atomic E-state index is 12.8. The highest BCUT2D eigenvalue weighted by Crippen LogP contribution is 2.23. The van der Waals surface area contributed by atoms with Crippen LogP contribution < -0.4 is 26.4 Å². The van der Waals surface area contributed by atoms with Crippen LogP contribution in [0.2, 0.25) is 0 Å². The lowest BCUT2D eigenvalue weighted by atomic mass is 9.96. The van der Waals surface area contributed by atoms with E-state index in [0.29, 0.717) is 24.3 Å². The molecule has 2 amide bonds. The van der Waals surface area contributed by atoms with Crippen LogP contribution in [0, 0.1) is 0 Å². The zero-order valence-corrected chi connectivity index (χ0v) is 21.5. The molecule has 1 unspecified atom stereocenters. The number of aromatic nitrogens is 2. The Bertz CT molecular complexity index is 1690. The Labute approximate surface area is 228 Å². The number of hydrogen-bond donors (Lipinski definition) is 3. The third kappa shape index (κ3) is 5.48. The monoisotopic (exact) mass is 539 g/mol. The van der Waals surface area contributed by atoms with Gasteiger partial charge in [-0.1, -0.05) is 30.3 Å². The van der Waals surface area contributed by atoms with Gasteiger partial charge in [-0.3, -0.25) is 19.2 Å². The van der Waals surface area contributed by atoms with E-state index in [1.54, 1.807) is 19.1 Å². The molecule has 11 heteroatoms. The molecule has 2 heterocycles. The van der Waals surface area contributed by atoms with Crippen molar-refractivity contribution in [2.75, 3.05) is 11.4 Å². The number of nitrogens with zero attached hydrogens (tertiary/aromatic N) is 3. The van der Waals surface area contributed by atoms with Crippen molar-refractivity contribution < 1.29 is 19.5 Å². The van der Waals surface area contributed by atoms with E-state index in [1.165, 1.54) is 24.3 Å². The number of amides is 2. The molecule has 4 aromatic rings. The van der Waals surface area contributed by atoms with E-state index in [-0.39, 0.29) is 23.5 Å². The van der Waals surface area contributed by atoms with Gasteiger partial charge in [-0.05, 0) is 47.7 Å². The summed E-state index contributed by atoms with van der Waals surface area (Å²) in [5, 5.41) is 14.6. The van der Waals surface area contributed by atoms with E-state index >= 15 is 0 Å². The Morgan fingerprint density at radius 3 is 2.35 bits per heavy atom. The van der Waals surface area contributed by atoms with E-state index in [4.69, 9.17) is 5.11 Å². The lowest BCUT2D eigenvalue weighted by Gasteiger charge is -2.31. The van der Waals surface area contributed by atoms with Crippen molar-refractivity contribution in [2.24, 2.45) is 0 Å². The Morgan fingerprint density at radius 1 is 0.950 bits per heavy atom. The lowest BCUT2D eigenvalue weighted by Crippen LogP contribution is -2.41. The first-order chi connectivity index (χ1) is 19.2. The topological polar surface area (TPSA) is 159 Å². The van der Waals surface area contributed by atoms with Crippen LogP contribution in [0.5, 0.6) is 0 Å². The summed E-state index contributed by atoms with van der Waals surface area (Å²) in [5.41, 5.74) is 3.47. The van der Waals surface area contributed by atoms with Crippen LogP contribution in [0.4, 0.5) is 5.69 Å². The number of carbonyl (C=O) groups excluding carboxylic acids is 2. The van der Waals surface area contributed by atoms with E-state index in [9.17, 15) is 24.0 Å². The summed E-state index contributed by atoms with van der Waals surface area (Å²) in [6.45, 7) is 3.14. The molecule has 40 heavy (non-hydrogen) atoms. The summed E-state index contributed by atoms with van der Waals surface area (Å²) in [5.74, 6) is -2.02. The Kier molecular flexibility index (Phi) is 7.19. The molecule has 1 aromatic heterocycles. The van der Waals surface area contributed by atoms with Crippen molar-refractivity contribution in [3.8, 4) is 0 Å². The molecule has 0 saturated heterocycles. The quantitative estimate of drug-likeness (QED) is 0.284. The fourth-order valence-electron chi connectivity index (χ4n) is 4.61.